The normalized spacial score (nSPS) is 7.50. The molecule has 0 aromatic rings. The van der Waals surface area contributed by atoms with Crippen molar-refractivity contribution in [2.24, 2.45) is 5.73 Å². The van der Waals surface area contributed by atoms with E-state index in [0.717, 1.165) is 0 Å². The largest absolute Gasteiger partial charge is 0.326 e. The minimum absolute atomic E-state index is 0.193. The number of rotatable bonds is 2. The van der Waals surface area contributed by atoms with E-state index in [9.17, 15) is 4.79 Å². The fraction of sp³-hybridized carbons (Fsp3) is 0.333. The van der Waals surface area contributed by atoms with E-state index in [1.165, 1.54) is 0 Å². The van der Waals surface area contributed by atoms with Gasteiger partial charge in [-0.05, 0) is 0 Å². The predicted molar refractivity (Wildman–Crippen MR) is 27.7 cm³/mol. The molecule has 2 N–H and O–H groups in total. The van der Waals surface area contributed by atoms with Crippen LogP contribution < -0.4 is 5.73 Å². The third kappa shape index (κ3) is 1.99. The molecular weight excluding hydrogens is 98.1 g/mol. The second-order valence-corrected chi connectivity index (χ2v) is 1.31. The van der Waals surface area contributed by atoms with Gasteiger partial charge in [0.1, 0.15) is 0 Å². The summed E-state index contributed by atoms with van der Waals surface area (Å²) < 4.78 is 0. The summed E-state index contributed by atoms with van der Waals surface area (Å²) >= 11 is 4.36. The summed E-state index contributed by atoms with van der Waals surface area (Å²) in [6.07, 6.45) is 0.579. The van der Waals surface area contributed by atoms with Crippen LogP contribution in [0.2, 0.25) is 0 Å². The maximum absolute atomic E-state index is 9.51. The number of hydrogen-bond donors (Lipinski definition) is 1. The van der Waals surface area contributed by atoms with Gasteiger partial charge in [0.05, 0.1) is 4.86 Å². The van der Waals surface area contributed by atoms with E-state index in [1.54, 1.807) is 0 Å². The molecule has 0 saturated carbocycles. The van der Waals surface area contributed by atoms with Crippen molar-refractivity contribution >= 4 is 23.4 Å². The molecule has 3 heteroatoms. The lowest BCUT2D eigenvalue weighted by atomic mass is 10.5. The second-order valence-electron chi connectivity index (χ2n) is 0.788. The molecular formula is C3H5NOS. The summed E-state index contributed by atoms with van der Waals surface area (Å²) in [7, 11) is 0. The van der Waals surface area contributed by atoms with Gasteiger partial charge in [-0.2, -0.15) is 0 Å². The number of hydrogen-bond acceptors (Lipinski definition) is 3. The van der Waals surface area contributed by atoms with E-state index in [2.05, 4.69) is 12.2 Å². The zero-order valence-electron chi connectivity index (χ0n) is 3.18. The average Bonchev–Trinajstić information content (AvgIpc) is 1.65. The van der Waals surface area contributed by atoms with Crippen LogP contribution in [0.15, 0.2) is 0 Å². The first-order chi connectivity index (χ1) is 2.81. The SMILES string of the molecule is NCC(=S)C=O. The van der Waals surface area contributed by atoms with E-state index in [1.807, 2.05) is 0 Å². The zero-order chi connectivity index (χ0) is 4.99. The molecule has 0 rings (SSSR count). The number of aldehydes is 1. The fourth-order valence-electron chi connectivity index (χ4n) is 0.0481. The van der Waals surface area contributed by atoms with E-state index in [0.29, 0.717) is 6.29 Å². The van der Waals surface area contributed by atoms with Crippen LogP contribution in [0.1, 0.15) is 0 Å². The lowest BCUT2D eigenvalue weighted by Gasteiger charge is -1.77. The van der Waals surface area contributed by atoms with Gasteiger partial charge in [0.15, 0.2) is 6.29 Å². The first kappa shape index (κ1) is 5.72. The Morgan fingerprint density at radius 1 is 2.00 bits per heavy atom. The molecule has 0 aromatic heterocycles. The molecule has 0 atom stereocenters. The van der Waals surface area contributed by atoms with E-state index >= 15 is 0 Å². The summed E-state index contributed by atoms with van der Waals surface area (Å²) in [5.41, 5.74) is 4.91. The van der Waals surface area contributed by atoms with Crippen molar-refractivity contribution in [2.45, 2.75) is 0 Å². The number of carbonyl (C=O) groups excluding carboxylic acids is 1. The number of nitrogens with two attached hydrogens (primary N) is 1. The highest BCUT2D eigenvalue weighted by atomic mass is 32.1. The third-order valence-electron chi connectivity index (χ3n) is 0.333. The van der Waals surface area contributed by atoms with Crippen molar-refractivity contribution in [1.82, 2.24) is 0 Å². The Kier molecular flexibility index (Phi) is 2.80. The van der Waals surface area contributed by atoms with E-state index in [-0.39, 0.29) is 11.4 Å². The van der Waals surface area contributed by atoms with Crippen molar-refractivity contribution in [3.8, 4) is 0 Å². The molecule has 0 aliphatic rings. The van der Waals surface area contributed by atoms with Crippen LogP contribution in [-0.4, -0.2) is 17.7 Å². The third-order valence-corrected chi connectivity index (χ3v) is 0.596. The molecule has 2 nitrogen and oxygen atoms in total. The summed E-state index contributed by atoms with van der Waals surface area (Å²) in [5.74, 6) is 0. The number of thiocarbonyl (C=S) groups is 1. The highest BCUT2D eigenvalue weighted by Gasteiger charge is 1.81. The molecule has 0 fully saturated rings. The Balaban J connectivity index is 3.23. The van der Waals surface area contributed by atoms with Gasteiger partial charge in [0.2, 0.25) is 0 Å². The molecule has 0 bridgehead atoms. The van der Waals surface area contributed by atoms with Crippen LogP contribution in [-0.2, 0) is 4.79 Å². The molecule has 0 aliphatic heterocycles. The average molecular weight is 103 g/mol. The lowest BCUT2D eigenvalue weighted by Crippen LogP contribution is -2.11. The summed E-state index contributed by atoms with van der Waals surface area (Å²) in [5, 5.41) is 0. The Labute approximate surface area is 41.3 Å². The molecule has 0 unspecified atom stereocenters. The van der Waals surface area contributed by atoms with Gasteiger partial charge in [-0.3, -0.25) is 4.79 Å². The van der Waals surface area contributed by atoms with Crippen molar-refractivity contribution in [3.63, 3.8) is 0 Å². The van der Waals surface area contributed by atoms with Gasteiger partial charge in [0.25, 0.3) is 0 Å². The molecule has 0 aliphatic carbocycles. The van der Waals surface area contributed by atoms with Gasteiger partial charge in [-0.25, -0.2) is 0 Å². The van der Waals surface area contributed by atoms with Crippen molar-refractivity contribution < 1.29 is 4.79 Å². The standard InChI is InChI=1S/C3H5NOS/c4-1-3(6)2-5/h2H,1,4H2. The van der Waals surface area contributed by atoms with E-state index < -0.39 is 0 Å². The Hall–Kier alpha value is -0.280. The molecule has 0 aromatic carbocycles. The molecule has 6 heavy (non-hydrogen) atoms. The Morgan fingerprint density at radius 3 is 2.50 bits per heavy atom. The fourth-order valence-corrected chi connectivity index (χ4v) is 0.0481. The number of carbonyl (C=O) groups is 1. The molecule has 0 radical (unpaired) electrons. The van der Waals surface area contributed by atoms with Crippen LogP contribution in [0.3, 0.4) is 0 Å². The molecule has 0 heterocycles. The smallest absolute Gasteiger partial charge is 0.158 e. The lowest BCUT2D eigenvalue weighted by molar-refractivity contribution is -0.102. The van der Waals surface area contributed by atoms with Crippen molar-refractivity contribution in [2.75, 3.05) is 6.54 Å². The van der Waals surface area contributed by atoms with Gasteiger partial charge in [-0.15, -0.1) is 0 Å². The highest BCUT2D eigenvalue weighted by Crippen LogP contribution is 1.59. The van der Waals surface area contributed by atoms with Crippen molar-refractivity contribution in [1.29, 1.82) is 0 Å². The molecule has 0 spiro atoms. The monoisotopic (exact) mass is 103 g/mol. The second kappa shape index (κ2) is 2.93. The van der Waals surface area contributed by atoms with E-state index in [4.69, 9.17) is 5.73 Å². The predicted octanol–water partition coefficient (Wildman–Crippen LogP) is -0.486. The molecule has 0 amide bonds. The van der Waals surface area contributed by atoms with Crippen LogP contribution >= 0.6 is 12.2 Å². The Morgan fingerprint density at radius 2 is 2.50 bits per heavy atom. The summed E-state index contributed by atoms with van der Waals surface area (Å²) in [4.78, 5) is 9.79. The Bertz CT molecular complexity index is 71.2. The first-order valence-corrected chi connectivity index (χ1v) is 1.90. The maximum Gasteiger partial charge on any atom is 0.158 e. The maximum atomic E-state index is 9.51. The quantitative estimate of drug-likeness (QED) is 0.379. The summed E-state index contributed by atoms with van der Waals surface area (Å²) in [6, 6.07) is 0. The zero-order valence-corrected chi connectivity index (χ0v) is 3.99. The topological polar surface area (TPSA) is 43.1 Å². The van der Waals surface area contributed by atoms with Crippen LogP contribution in [0.25, 0.3) is 0 Å². The van der Waals surface area contributed by atoms with Crippen LogP contribution in [0.4, 0.5) is 0 Å². The van der Waals surface area contributed by atoms with Crippen LogP contribution in [0.5, 0.6) is 0 Å². The van der Waals surface area contributed by atoms with Gasteiger partial charge < -0.3 is 5.73 Å². The molecule has 34 valence electrons. The highest BCUT2D eigenvalue weighted by molar-refractivity contribution is 7.81. The van der Waals surface area contributed by atoms with Crippen molar-refractivity contribution in [3.05, 3.63) is 0 Å². The summed E-state index contributed by atoms with van der Waals surface area (Å²) in [6.45, 7) is 0.193. The minimum atomic E-state index is 0.193. The minimum Gasteiger partial charge on any atom is -0.326 e. The van der Waals surface area contributed by atoms with Gasteiger partial charge >= 0.3 is 0 Å². The molecule has 0 saturated heterocycles. The van der Waals surface area contributed by atoms with Gasteiger partial charge in [-0.1, -0.05) is 12.2 Å². The first-order valence-electron chi connectivity index (χ1n) is 1.49. The van der Waals surface area contributed by atoms with Crippen LogP contribution in [0, 0.1) is 0 Å². The van der Waals surface area contributed by atoms with Gasteiger partial charge in [0, 0.05) is 6.54 Å².